The van der Waals surface area contributed by atoms with Gasteiger partial charge in [0.1, 0.15) is 16.2 Å². The monoisotopic (exact) mass is 531 g/mol. The van der Waals surface area contributed by atoms with Crippen LogP contribution in [0.4, 0.5) is 5.69 Å². The first-order valence-corrected chi connectivity index (χ1v) is 12.6. The number of rotatable bonds is 6. The van der Waals surface area contributed by atoms with E-state index in [1.54, 1.807) is 23.7 Å². The summed E-state index contributed by atoms with van der Waals surface area (Å²) in [5.74, 6) is -0.0648. The van der Waals surface area contributed by atoms with Gasteiger partial charge in [-0.1, -0.05) is 64.4 Å². The number of nitrogens with zero attached hydrogens (tertiary/aromatic N) is 2. The van der Waals surface area contributed by atoms with E-state index in [9.17, 15) is 4.79 Å². The van der Waals surface area contributed by atoms with Crippen LogP contribution in [-0.2, 0) is 4.79 Å². The molecule has 1 atom stereocenters. The van der Waals surface area contributed by atoms with Gasteiger partial charge in [0, 0.05) is 26.1 Å². The highest BCUT2D eigenvalue weighted by molar-refractivity contribution is 9.10. The second-order valence-corrected chi connectivity index (χ2v) is 10.4. The number of hydrogen-bond acceptors (Lipinski definition) is 5. The van der Waals surface area contributed by atoms with Crippen LogP contribution >= 0.6 is 50.6 Å². The topological polar surface area (TPSA) is 54.9 Å². The second kappa shape index (κ2) is 9.69. The van der Waals surface area contributed by atoms with Gasteiger partial charge in [0.25, 0.3) is 0 Å². The first-order chi connectivity index (χ1) is 15.0. The molecular weight excluding hydrogens is 514 g/mol. The lowest BCUT2D eigenvalue weighted by atomic mass is 10.1. The van der Waals surface area contributed by atoms with Crippen molar-refractivity contribution < 1.29 is 4.79 Å². The first kappa shape index (κ1) is 22.3. The predicted molar refractivity (Wildman–Crippen MR) is 135 cm³/mol. The molecule has 4 aromatic rings. The minimum absolute atomic E-state index is 0.0648. The molecule has 8 heteroatoms. The molecule has 4 nitrogen and oxygen atoms in total. The maximum atomic E-state index is 13.1. The van der Waals surface area contributed by atoms with Crippen molar-refractivity contribution in [3.8, 4) is 11.1 Å². The maximum absolute atomic E-state index is 13.1. The van der Waals surface area contributed by atoms with E-state index >= 15 is 0 Å². The van der Waals surface area contributed by atoms with Gasteiger partial charge < -0.3 is 5.32 Å². The van der Waals surface area contributed by atoms with Crippen molar-refractivity contribution >= 4 is 72.4 Å². The lowest BCUT2D eigenvalue weighted by Crippen LogP contribution is -2.25. The number of fused-ring (bicyclic) bond motifs is 1. The van der Waals surface area contributed by atoms with E-state index in [-0.39, 0.29) is 11.2 Å². The van der Waals surface area contributed by atoms with Crippen LogP contribution in [0.25, 0.3) is 21.3 Å². The zero-order chi connectivity index (χ0) is 22.0. The van der Waals surface area contributed by atoms with E-state index < -0.39 is 0 Å². The third-order valence-electron chi connectivity index (χ3n) is 4.87. The number of amides is 1. The number of aryl methyl sites for hydroxylation is 1. The van der Waals surface area contributed by atoms with E-state index in [4.69, 9.17) is 11.6 Å². The van der Waals surface area contributed by atoms with Crippen molar-refractivity contribution in [2.24, 2.45) is 0 Å². The second-order valence-electron chi connectivity index (χ2n) is 6.98. The fourth-order valence-electron chi connectivity index (χ4n) is 3.18. The van der Waals surface area contributed by atoms with Gasteiger partial charge in [0.15, 0.2) is 0 Å². The molecule has 0 saturated heterocycles. The van der Waals surface area contributed by atoms with Crippen LogP contribution in [0.5, 0.6) is 0 Å². The fourth-order valence-corrected chi connectivity index (χ4v) is 5.63. The lowest BCUT2D eigenvalue weighted by Gasteiger charge is -2.16. The largest absolute Gasteiger partial charge is 0.325 e. The summed E-state index contributed by atoms with van der Waals surface area (Å²) in [7, 11) is 0. The molecule has 4 rings (SSSR count). The Kier molecular flexibility index (Phi) is 6.96. The number of benzene rings is 2. The Hall–Kier alpha value is -1.93. The Bertz CT molecular complexity index is 1240. The molecule has 2 aromatic carbocycles. The standard InChI is InChI=1S/C23H19BrClN3OS2/c1-3-19(21(29)28-18-10-16(25)9-4-13(18)2)31-23-20-17(11-30-22(20)26-12-27-23)14-5-7-15(24)8-6-14/h4-12,19H,3H2,1-2H3,(H,28,29). The number of nitrogens with one attached hydrogen (secondary N) is 1. The summed E-state index contributed by atoms with van der Waals surface area (Å²) in [5, 5.41) is 7.23. The quantitative estimate of drug-likeness (QED) is 0.205. The molecule has 1 N–H and O–H groups in total. The van der Waals surface area contributed by atoms with Crippen LogP contribution in [0.15, 0.2) is 63.7 Å². The van der Waals surface area contributed by atoms with E-state index in [1.807, 2.05) is 38.1 Å². The van der Waals surface area contributed by atoms with Gasteiger partial charge in [0.2, 0.25) is 5.91 Å². The Morgan fingerprint density at radius 1 is 1.23 bits per heavy atom. The summed E-state index contributed by atoms with van der Waals surface area (Å²) in [5.41, 5.74) is 3.88. The van der Waals surface area contributed by atoms with E-state index in [1.165, 1.54) is 11.8 Å². The van der Waals surface area contributed by atoms with Crippen molar-refractivity contribution in [1.82, 2.24) is 9.97 Å². The molecule has 2 heterocycles. The molecule has 1 unspecified atom stereocenters. The highest BCUT2D eigenvalue weighted by atomic mass is 79.9. The number of thiophene rings is 1. The zero-order valence-corrected chi connectivity index (χ0v) is 20.8. The highest BCUT2D eigenvalue weighted by Gasteiger charge is 2.22. The van der Waals surface area contributed by atoms with Gasteiger partial charge in [-0.05, 0) is 48.7 Å². The van der Waals surface area contributed by atoms with Gasteiger partial charge in [-0.2, -0.15) is 0 Å². The molecule has 0 bridgehead atoms. The molecule has 0 aliphatic heterocycles. The average Bonchev–Trinajstić information content (AvgIpc) is 3.20. The van der Waals surface area contributed by atoms with Gasteiger partial charge in [0.05, 0.1) is 10.6 Å². The zero-order valence-electron chi connectivity index (χ0n) is 16.9. The van der Waals surface area contributed by atoms with Gasteiger partial charge in [-0.25, -0.2) is 9.97 Å². The number of thioether (sulfide) groups is 1. The van der Waals surface area contributed by atoms with E-state index in [0.29, 0.717) is 11.4 Å². The molecule has 0 aliphatic carbocycles. The SMILES string of the molecule is CCC(Sc1ncnc2scc(-c3ccc(Br)cc3)c12)C(=O)Nc1cc(Cl)ccc1C. The summed E-state index contributed by atoms with van der Waals surface area (Å²) in [6.45, 7) is 3.95. The Labute approximate surface area is 202 Å². The summed E-state index contributed by atoms with van der Waals surface area (Å²) in [6, 6.07) is 13.7. The molecule has 0 fully saturated rings. The molecule has 31 heavy (non-hydrogen) atoms. The molecule has 2 aromatic heterocycles. The summed E-state index contributed by atoms with van der Waals surface area (Å²) < 4.78 is 1.03. The summed E-state index contributed by atoms with van der Waals surface area (Å²) in [4.78, 5) is 23.0. The fraction of sp³-hybridized carbons (Fsp3) is 0.174. The summed E-state index contributed by atoms with van der Waals surface area (Å²) >= 11 is 12.7. The molecule has 0 aliphatic rings. The van der Waals surface area contributed by atoms with Crippen LogP contribution < -0.4 is 5.32 Å². The van der Waals surface area contributed by atoms with Gasteiger partial charge >= 0.3 is 0 Å². The van der Waals surface area contributed by atoms with Crippen LogP contribution in [0.1, 0.15) is 18.9 Å². The lowest BCUT2D eigenvalue weighted by molar-refractivity contribution is -0.115. The van der Waals surface area contributed by atoms with E-state index in [2.05, 4.69) is 48.7 Å². The van der Waals surface area contributed by atoms with Crippen LogP contribution in [-0.4, -0.2) is 21.1 Å². The molecule has 0 spiro atoms. The average molecular weight is 533 g/mol. The van der Waals surface area contributed by atoms with Crippen molar-refractivity contribution in [2.75, 3.05) is 5.32 Å². The number of aromatic nitrogens is 2. The van der Waals surface area contributed by atoms with Crippen molar-refractivity contribution in [2.45, 2.75) is 30.5 Å². The van der Waals surface area contributed by atoms with Crippen LogP contribution in [0.2, 0.25) is 5.02 Å². The van der Waals surface area contributed by atoms with Crippen molar-refractivity contribution in [1.29, 1.82) is 0 Å². The van der Waals surface area contributed by atoms with Gasteiger partial charge in [-0.15, -0.1) is 11.3 Å². The minimum Gasteiger partial charge on any atom is -0.325 e. The highest BCUT2D eigenvalue weighted by Crippen LogP contribution is 2.40. The third kappa shape index (κ3) is 4.95. The normalized spacial score (nSPS) is 12.1. The maximum Gasteiger partial charge on any atom is 0.237 e. The minimum atomic E-state index is -0.297. The number of carbonyl (C=O) groups is 1. The van der Waals surface area contributed by atoms with Crippen molar-refractivity contribution in [3.63, 3.8) is 0 Å². The van der Waals surface area contributed by atoms with Crippen LogP contribution in [0.3, 0.4) is 0 Å². The van der Waals surface area contributed by atoms with Crippen molar-refractivity contribution in [3.05, 3.63) is 69.2 Å². The predicted octanol–water partition coefficient (Wildman–Crippen LogP) is 7.59. The molecule has 1 amide bonds. The molecule has 158 valence electrons. The van der Waals surface area contributed by atoms with E-state index in [0.717, 1.165) is 42.1 Å². The van der Waals surface area contributed by atoms with Crippen LogP contribution in [0, 0.1) is 6.92 Å². The smallest absolute Gasteiger partial charge is 0.237 e. The number of hydrogen-bond donors (Lipinski definition) is 1. The molecular formula is C23H19BrClN3OS2. The first-order valence-electron chi connectivity index (χ1n) is 9.68. The summed E-state index contributed by atoms with van der Waals surface area (Å²) in [6.07, 6.45) is 2.23. The Morgan fingerprint density at radius 2 is 2.00 bits per heavy atom. The Balaban J connectivity index is 1.65. The van der Waals surface area contributed by atoms with Gasteiger partial charge in [-0.3, -0.25) is 4.79 Å². The Morgan fingerprint density at radius 3 is 2.74 bits per heavy atom. The third-order valence-corrected chi connectivity index (χ3v) is 7.88. The number of halogens is 2. The molecule has 0 saturated carbocycles. The number of anilines is 1. The number of carbonyl (C=O) groups excluding carboxylic acids is 1. The molecule has 0 radical (unpaired) electrons.